The molecule has 0 radical (unpaired) electrons. The van der Waals surface area contributed by atoms with Crippen molar-refractivity contribution in [1.29, 1.82) is 0 Å². The lowest BCUT2D eigenvalue weighted by Gasteiger charge is -1.99. The molecule has 0 saturated carbocycles. The van der Waals surface area contributed by atoms with E-state index >= 15 is 0 Å². The van der Waals surface area contributed by atoms with Crippen LogP contribution < -0.4 is 0 Å². The summed E-state index contributed by atoms with van der Waals surface area (Å²) in [6.45, 7) is 5.36. The van der Waals surface area contributed by atoms with Crippen LogP contribution in [0.15, 0.2) is 54.8 Å². The fraction of sp³-hybridized carbons (Fsp3) is 0.0833. The normalized spacial score (nSPS) is 10.8. The number of rotatable bonds is 3. The lowest BCUT2D eigenvalue weighted by atomic mass is 10.2. The maximum absolute atomic E-state index is 11.4. The van der Waals surface area contributed by atoms with Crippen LogP contribution in [-0.4, -0.2) is 5.97 Å². The summed E-state index contributed by atoms with van der Waals surface area (Å²) in [5.41, 5.74) is 1.36. The molecule has 1 aromatic carbocycles. The average Bonchev–Trinajstić information content (AvgIpc) is 2.26. The zero-order chi connectivity index (χ0) is 10.4. The predicted molar refractivity (Wildman–Crippen MR) is 55.8 cm³/mol. The minimum Gasteiger partial charge on any atom is -0.431 e. The summed E-state index contributed by atoms with van der Waals surface area (Å²) >= 11 is 0. The number of ether oxygens (including phenoxy) is 1. The van der Waals surface area contributed by atoms with Gasteiger partial charge in [0.15, 0.2) is 0 Å². The van der Waals surface area contributed by atoms with Crippen molar-refractivity contribution in [3.63, 3.8) is 0 Å². The highest BCUT2D eigenvalue weighted by atomic mass is 16.5. The molecule has 1 rings (SSSR count). The van der Waals surface area contributed by atoms with Crippen molar-refractivity contribution in [3.05, 3.63) is 60.4 Å². The minimum absolute atomic E-state index is 0.355. The van der Waals surface area contributed by atoms with E-state index in [-0.39, 0.29) is 5.97 Å². The van der Waals surface area contributed by atoms with E-state index in [4.69, 9.17) is 4.74 Å². The second-order valence-electron chi connectivity index (χ2n) is 2.84. The highest BCUT2D eigenvalue weighted by molar-refractivity contribution is 5.89. The van der Waals surface area contributed by atoms with Crippen molar-refractivity contribution in [2.24, 2.45) is 0 Å². The van der Waals surface area contributed by atoms with Crippen LogP contribution in [0.1, 0.15) is 17.3 Å². The Morgan fingerprint density at radius 1 is 1.36 bits per heavy atom. The van der Waals surface area contributed by atoms with E-state index in [9.17, 15) is 4.79 Å². The number of benzene rings is 1. The van der Waals surface area contributed by atoms with Crippen LogP contribution in [0.4, 0.5) is 0 Å². The van der Waals surface area contributed by atoms with E-state index in [1.165, 1.54) is 6.26 Å². The number of allylic oxidation sites excluding steroid dienone is 2. The van der Waals surface area contributed by atoms with Gasteiger partial charge in [-0.3, -0.25) is 0 Å². The Morgan fingerprint density at radius 3 is 2.57 bits per heavy atom. The molecule has 0 aromatic heterocycles. The zero-order valence-electron chi connectivity index (χ0n) is 8.07. The Balaban J connectivity index is 2.65. The van der Waals surface area contributed by atoms with Gasteiger partial charge in [-0.25, -0.2) is 4.79 Å². The summed E-state index contributed by atoms with van der Waals surface area (Å²) < 4.78 is 4.91. The Hall–Kier alpha value is -1.83. The molecule has 0 heterocycles. The van der Waals surface area contributed by atoms with Crippen LogP contribution in [0.3, 0.4) is 0 Å². The fourth-order valence-corrected chi connectivity index (χ4v) is 0.837. The summed E-state index contributed by atoms with van der Waals surface area (Å²) in [5, 5.41) is 0. The van der Waals surface area contributed by atoms with Crippen molar-refractivity contribution in [3.8, 4) is 0 Å². The van der Waals surface area contributed by atoms with Crippen molar-refractivity contribution < 1.29 is 9.53 Å². The molecule has 0 aliphatic rings. The molecule has 0 unspecified atom stereocenters. The van der Waals surface area contributed by atoms with E-state index < -0.39 is 0 Å². The van der Waals surface area contributed by atoms with Crippen molar-refractivity contribution in [1.82, 2.24) is 0 Å². The third-order valence-electron chi connectivity index (χ3n) is 1.68. The molecular weight excluding hydrogens is 176 g/mol. The molecule has 1 aromatic rings. The van der Waals surface area contributed by atoms with Crippen LogP contribution >= 0.6 is 0 Å². The van der Waals surface area contributed by atoms with E-state index in [2.05, 4.69) is 6.58 Å². The van der Waals surface area contributed by atoms with Crippen LogP contribution in [-0.2, 0) is 4.74 Å². The van der Waals surface area contributed by atoms with Crippen LogP contribution in [0.2, 0.25) is 0 Å². The van der Waals surface area contributed by atoms with Gasteiger partial charge in [0.2, 0.25) is 0 Å². The van der Waals surface area contributed by atoms with Gasteiger partial charge in [0.25, 0.3) is 0 Å². The van der Waals surface area contributed by atoms with E-state index in [1.807, 2.05) is 13.0 Å². The second kappa shape index (κ2) is 5.02. The van der Waals surface area contributed by atoms with E-state index in [1.54, 1.807) is 30.3 Å². The third kappa shape index (κ3) is 2.90. The van der Waals surface area contributed by atoms with E-state index in [0.717, 1.165) is 5.57 Å². The molecule has 0 bridgehead atoms. The summed E-state index contributed by atoms with van der Waals surface area (Å²) in [6, 6.07) is 8.85. The van der Waals surface area contributed by atoms with Gasteiger partial charge in [-0.1, -0.05) is 30.9 Å². The Bertz CT molecular complexity index is 350. The third-order valence-corrected chi connectivity index (χ3v) is 1.68. The lowest BCUT2D eigenvalue weighted by Crippen LogP contribution is -1.99. The monoisotopic (exact) mass is 188 g/mol. The lowest BCUT2D eigenvalue weighted by molar-refractivity contribution is 0.0661. The number of esters is 1. The standard InChI is InChI=1S/C12H12O2/c1-3-10(2)9-14-12(13)11-7-5-4-6-8-11/h3-9H,1H2,2H3/b10-9-. The summed E-state index contributed by atoms with van der Waals surface area (Å²) in [5.74, 6) is -0.355. The summed E-state index contributed by atoms with van der Waals surface area (Å²) in [4.78, 5) is 11.4. The second-order valence-corrected chi connectivity index (χ2v) is 2.84. The van der Waals surface area contributed by atoms with Gasteiger partial charge in [-0.15, -0.1) is 0 Å². The minimum atomic E-state index is -0.355. The molecule has 72 valence electrons. The first-order valence-electron chi connectivity index (χ1n) is 4.29. The predicted octanol–water partition coefficient (Wildman–Crippen LogP) is 2.93. The molecule has 0 N–H and O–H groups in total. The number of carbonyl (C=O) groups is 1. The molecule has 0 aliphatic heterocycles. The molecule has 0 saturated heterocycles. The maximum Gasteiger partial charge on any atom is 0.342 e. The van der Waals surface area contributed by atoms with Gasteiger partial charge in [0.1, 0.15) is 0 Å². The van der Waals surface area contributed by atoms with Crippen molar-refractivity contribution in [2.75, 3.05) is 0 Å². The number of carbonyl (C=O) groups excluding carboxylic acids is 1. The van der Waals surface area contributed by atoms with Gasteiger partial charge < -0.3 is 4.74 Å². The van der Waals surface area contributed by atoms with Crippen LogP contribution in [0, 0.1) is 0 Å². The maximum atomic E-state index is 11.4. The molecule has 14 heavy (non-hydrogen) atoms. The summed E-state index contributed by atoms with van der Waals surface area (Å²) in [6.07, 6.45) is 3.01. The number of hydrogen-bond acceptors (Lipinski definition) is 2. The molecule has 2 heteroatoms. The number of hydrogen-bond donors (Lipinski definition) is 0. The van der Waals surface area contributed by atoms with Gasteiger partial charge in [-0.2, -0.15) is 0 Å². The van der Waals surface area contributed by atoms with Gasteiger partial charge in [0.05, 0.1) is 11.8 Å². The fourth-order valence-electron chi connectivity index (χ4n) is 0.837. The highest BCUT2D eigenvalue weighted by Gasteiger charge is 2.03. The van der Waals surface area contributed by atoms with Crippen molar-refractivity contribution >= 4 is 5.97 Å². The molecule has 0 aliphatic carbocycles. The smallest absolute Gasteiger partial charge is 0.342 e. The molecule has 0 atom stereocenters. The molecular formula is C12H12O2. The van der Waals surface area contributed by atoms with E-state index in [0.29, 0.717) is 5.56 Å². The topological polar surface area (TPSA) is 26.3 Å². The first-order chi connectivity index (χ1) is 6.74. The average molecular weight is 188 g/mol. The van der Waals surface area contributed by atoms with Gasteiger partial charge >= 0.3 is 5.97 Å². The molecule has 2 nitrogen and oxygen atoms in total. The Morgan fingerprint density at radius 2 is 2.00 bits per heavy atom. The summed E-state index contributed by atoms with van der Waals surface area (Å²) in [7, 11) is 0. The zero-order valence-corrected chi connectivity index (χ0v) is 8.07. The van der Waals surface area contributed by atoms with Crippen LogP contribution in [0.25, 0.3) is 0 Å². The highest BCUT2D eigenvalue weighted by Crippen LogP contribution is 2.02. The van der Waals surface area contributed by atoms with Crippen LogP contribution in [0.5, 0.6) is 0 Å². The van der Waals surface area contributed by atoms with Gasteiger partial charge in [0, 0.05) is 0 Å². The van der Waals surface area contributed by atoms with Crippen molar-refractivity contribution in [2.45, 2.75) is 6.92 Å². The molecule has 0 fully saturated rings. The molecule has 0 spiro atoms. The molecule has 0 amide bonds. The SMILES string of the molecule is C=C/C(C)=C\OC(=O)c1ccccc1. The van der Waals surface area contributed by atoms with Gasteiger partial charge in [-0.05, 0) is 24.6 Å². The first-order valence-corrected chi connectivity index (χ1v) is 4.29. The Kier molecular flexibility index (Phi) is 3.68. The largest absolute Gasteiger partial charge is 0.431 e. The Labute approximate surface area is 83.5 Å². The first kappa shape index (κ1) is 10.3. The quantitative estimate of drug-likeness (QED) is 0.414.